The molecule has 2 aliphatic carbocycles. The van der Waals surface area contributed by atoms with Crippen LogP contribution >= 0.6 is 0 Å². The summed E-state index contributed by atoms with van der Waals surface area (Å²) in [5, 5.41) is 0. The first kappa shape index (κ1) is 5.62. The second-order valence-corrected chi connectivity index (χ2v) is 4.70. The van der Waals surface area contributed by atoms with E-state index in [1.165, 1.54) is 12.8 Å². The van der Waals surface area contributed by atoms with E-state index in [0.717, 1.165) is 12.3 Å². The third-order valence-corrected chi connectivity index (χ3v) is 3.92. The van der Waals surface area contributed by atoms with Crippen LogP contribution in [0.4, 0.5) is 0 Å². The standard InChI is InChI=1S/C10H18/c1-7-6-8-4-5-9(7)10(8,2)3/h7-9H,4-6H2,1-3H3/t7-,8?,9?/m1/s1/i7D. The molecule has 10 heavy (non-hydrogen) atoms. The average molecular weight is 139 g/mol. The lowest BCUT2D eigenvalue weighted by Crippen LogP contribution is -2.18. The molecule has 0 spiro atoms. The van der Waals surface area contributed by atoms with Crippen LogP contribution in [-0.2, 0) is 0 Å². The van der Waals surface area contributed by atoms with Crippen LogP contribution in [0.15, 0.2) is 0 Å². The zero-order chi connectivity index (χ0) is 8.28. The Morgan fingerprint density at radius 1 is 1.40 bits per heavy atom. The topological polar surface area (TPSA) is 0 Å². The predicted octanol–water partition coefficient (Wildman–Crippen LogP) is 3.08. The van der Waals surface area contributed by atoms with Crippen molar-refractivity contribution in [2.45, 2.75) is 40.0 Å². The third kappa shape index (κ3) is 0.627. The van der Waals surface area contributed by atoms with Gasteiger partial charge in [-0.25, -0.2) is 0 Å². The Bertz CT molecular complexity index is 181. The van der Waals surface area contributed by atoms with E-state index in [9.17, 15) is 0 Å². The van der Waals surface area contributed by atoms with Crippen LogP contribution < -0.4 is 0 Å². The second kappa shape index (κ2) is 1.78. The minimum absolute atomic E-state index is 0.105. The molecule has 58 valence electrons. The third-order valence-electron chi connectivity index (χ3n) is 3.92. The van der Waals surface area contributed by atoms with Crippen molar-refractivity contribution in [1.82, 2.24) is 0 Å². The lowest BCUT2D eigenvalue weighted by molar-refractivity contribution is 0.241. The van der Waals surface area contributed by atoms with Gasteiger partial charge in [0.25, 0.3) is 0 Å². The minimum atomic E-state index is -0.105. The molecule has 0 heteroatoms. The fourth-order valence-electron chi connectivity index (χ4n) is 3.17. The lowest BCUT2D eigenvalue weighted by atomic mass is 9.80. The van der Waals surface area contributed by atoms with Gasteiger partial charge in [-0.05, 0) is 42.4 Å². The van der Waals surface area contributed by atoms with E-state index in [-0.39, 0.29) is 5.89 Å². The lowest BCUT2D eigenvalue weighted by Gasteiger charge is -2.24. The van der Waals surface area contributed by atoms with Crippen molar-refractivity contribution in [2.24, 2.45) is 23.1 Å². The molecule has 0 amide bonds. The van der Waals surface area contributed by atoms with Gasteiger partial charge in [-0.3, -0.25) is 0 Å². The SMILES string of the molecule is [2H][C@@]1(C)CC2CCC1C2(C)C. The summed E-state index contributed by atoms with van der Waals surface area (Å²) in [7, 11) is 0. The zero-order valence-corrected chi connectivity index (χ0v) is 7.28. The minimum Gasteiger partial charge on any atom is -0.0622 e. The molecule has 0 N–H and O–H groups in total. The number of fused-ring (bicyclic) bond motifs is 2. The Hall–Kier alpha value is 0. The van der Waals surface area contributed by atoms with Crippen LogP contribution in [0, 0.1) is 23.1 Å². The highest BCUT2D eigenvalue weighted by molar-refractivity contribution is 5.00. The fourth-order valence-corrected chi connectivity index (χ4v) is 3.17. The van der Waals surface area contributed by atoms with E-state index in [4.69, 9.17) is 1.37 Å². The summed E-state index contributed by atoms with van der Waals surface area (Å²) in [4.78, 5) is 0. The van der Waals surface area contributed by atoms with Gasteiger partial charge in [-0.2, -0.15) is 0 Å². The number of rotatable bonds is 0. The van der Waals surface area contributed by atoms with Crippen LogP contribution in [-0.4, -0.2) is 0 Å². The molecule has 2 aliphatic rings. The Kier molecular flexibility index (Phi) is 1.00. The maximum Gasteiger partial charge on any atom is 0.0303 e. The molecule has 3 atom stereocenters. The van der Waals surface area contributed by atoms with E-state index < -0.39 is 0 Å². The molecule has 0 saturated heterocycles. The van der Waals surface area contributed by atoms with Crippen molar-refractivity contribution in [1.29, 1.82) is 0 Å². The molecule has 0 aromatic carbocycles. The van der Waals surface area contributed by atoms with Gasteiger partial charge >= 0.3 is 0 Å². The summed E-state index contributed by atoms with van der Waals surface area (Å²) in [5.41, 5.74) is 0.469. The molecule has 0 aliphatic heterocycles. The van der Waals surface area contributed by atoms with Crippen molar-refractivity contribution in [3.8, 4) is 0 Å². The molecule has 2 unspecified atom stereocenters. The van der Waals surface area contributed by atoms with E-state index in [0.29, 0.717) is 11.3 Å². The molecule has 2 fully saturated rings. The van der Waals surface area contributed by atoms with E-state index in [1.54, 1.807) is 0 Å². The molecule has 0 aromatic rings. The molecule has 2 rings (SSSR count). The van der Waals surface area contributed by atoms with Gasteiger partial charge in [0, 0.05) is 1.37 Å². The first-order valence-electron chi connectivity index (χ1n) is 4.94. The summed E-state index contributed by atoms with van der Waals surface area (Å²) in [6.07, 6.45) is 3.83. The van der Waals surface area contributed by atoms with E-state index in [1.807, 2.05) is 0 Å². The predicted molar refractivity (Wildman–Crippen MR) is 43.8 cm³/mol. The van der Waals surface area contributed by atoms with Gasteiger partial charge in [0.05, 0.1) is 0 Å². The summed E-state index contributed by atoms with van der Waals surface area (Å²) in [6, 6.07) is 0. The molecule has 0 aromatic heterocycles. The quantitative estimate of drug-likeness (QED) is 0.484. The summed E-state index contributed by atoms with van der Waals surface area (Å²) in [5.74, 6) is 1.40. The Labute approximate surface area is 65.4 Å². The summed E-state index contributed by atoms with van der Waals surface area (Å²) < 4.78 is 8.13. The van der Waals surface area contributed by atoms with Crippen LogP contribution in [0.1, 0.15) is 41.4 Å². The molecule has 0 radical (unpaired) electrons. The van der Waals surface area contributed by atoms with Crippen molar-refractivity contribution in [2.75, 3.05) is 0 Å². The number of hydrogen-bond donors (Lipinski definition) is 0. The molecule has 0 nitrogen and oxygen atoms in total. The normalized spacial score (nSPS) is 58.9. The van der Waals surface area contributed by atoms with Gasteiger partial charge in [0.2, 0.25) is 0 Å². The van der Waals surface area contributed by atoms with Gasteiger partial charge in [0.15, 0.2) is 0 Å². The van der Waals surface area contributed by atoms with Crippen molar-refractivity contribution >= 4 is 0 Å². The maximum atomic E-state index is 8.13. The van der Waals surface area contributed by atoms with Crippen LogP contribution in [0.25, 0.3) is 0 Å². The van der Waals surface area contributed by atoms with Crippen molar-refractivity contribution in [3.63, 3.8) is 0 Å². The van der Waals surface area contributed by atoms with Crippen LogP contribution in [0.2, 0.25) is 0 Å². The van der Waals surface area contributed by atoms with Gasteiger partial charge in [-0.1, -0.05) is 20.8 Å². The molecule has 2 bridgehead atoms. The smallest absolute Gasteiger partial charge is 0.0303 e. The number of hydrogen-bond acceptors (Lipinski definition) is 0. The Balaban J connectivity index is 2.33. The first-order chi connectivity index (χ1) is 4.94. The van der Waals surface area contributed by atoms with Crippen LogP contribution in [0.5, 0.6) is 0 Å². The largest absolute Gasteiger partial charge is 0.0622 e. The molecular formula is C10H18. The summed E-state index contributed by atoms with van der Waals surface area (Å²) >= 11 is 0. The highest BCUT2D eigenvalue weighted by Gasteiger charge is 2.51. The monoisotopic (exact) mass is 139 g/mol. The van der Waals surface area contributed by atoms with E-state index >= 15 is 0 Å². The highest BCUT2D eigenvalue weighted by Crippen LogP contribution is 2.59. The maximum absolute atomic E-state index is 8.13. The Morgan fingerprint density at radius 3 is 2.30 bits per heavy atom. The highest BCUT2D eigenvalue weighted by atomic mass is 14.6. The first-order valence-corrected chi connectivity index (χ1v) is 4.44. The Morgan fingerprint density at radius 2 is 2.10 bits per heavy atom. The van der Waals surface area contributed by atoms with Crippen molar-refractivity contribution < 1.29 is 1.37 Å². The molecular weight excluding hydrogens is 120 g/mol. The van der Waals surface area contributed by atoms with Gasteiger partial charge < -0.3 is 0 Å². The van der Waals surface area contributed by atoms with E-state index in [2.05, 4.69) is 20.8 Å². The molecule has 0 heterocycles. The average Bonchev–Trinajstić information content (AvgIpc) is 2.15. The fraction of sp³-hybridized carbons (Fsp3) is 1.00. The van der Waals surface area contributed by atoms with Crippen molar-refractivity contribution in [3.05, 3.63) is 0 Å². The van der Waals surface area contributed by atoms with Gasteiger partial charge in [-0.15, -0.1) is 0 Å². The molecule has 2 saturated carbocycles. The second-order valence-electron chi connectivity index (χ2n) is 4.70. The zero-order valence-electron chi connectivity index (χ0n) is 8.28. The van der Waals surface area contributed by atoms with Gasteiger partial charge in [0.1, 0.15) is 0 Å². The van der Waals surface area contributed by atoms with Crippen LogP contribution in [0.3, 0.4) is 0 Å². The summed E-state index contributed by atoms with van der Waals surface area (Å²) in [6.45, 7) is 6.84.